The van der Waals surface area contributed by atoms with Gasteiger partial charge in [0.2, 0.25) is 0 Å². The summed E-state index contributed by atoms with van der Waals surface area (Å²) in [5.74, 6) is 0.620. The first-order valence-corrected chi connectivity index (χ1v) is 6.82. The quantitative estimate of drug-likeness (QED) is 0.790. The van der Waals surface area contributed by atoms with Crippen LogP contribution in [0.3, 0.4) is 0 Å². The van der Waals surface area contributed by atoms with E-state index in [1.807, 2.05) is 18.2 Å². The Morgan fingerprint density at radius 3 is 2.53 bits per heavy atom. The summed E-state index contributed by atoms with van der Waals surface area (Å²) < 4.78 is 0. The van der Waals surface area contributed by atoms with Gasteiger partial charge in [-0.2, -0.15) is 5.26 Å². The maximum absolute atomic E-state index is 8.81. The van der Waals surface area contributed by atoms with Gasteiger partial charge < -0.3 is 0 Å². The molecule has 0 radical (unpaired) electrons. The van der Waals surface area contributed by atoms with Gasteiger partial charge in [-0.3, -0.25) is 0 Å². The summed E-state index contributed by atoms with van der Waals surface area (Å²) in [7, 11) is 0. The molecule has 0 aromatic heterocycles. The normalized spacial score (nSPS) is 15.6. The second kappa shape index (κ2) is 6.20. The average Bonchev–Trinajstić information content (AvgIpc) is 2.48. The van der Waals surface area contributed by atoms with Gasteiger partial charge in [0.05, 0.1) is 6.07 Å². The SMILES string of the molecule is CCC(C)C=c1ccc(=C2C=CC(C#N)=CC2)cc1. The Balaban J connectivity index is 2.30. The largest absolute Gasteiger partial charge is 0.192 e. The summed E-state index contributed by atoms with van der Waals surface area (Å²) in [4.78, 5) is 0. The summed E-state index contributed by atoms with van der Waals surface area (Å²) in [5.41, 5.74) is 2.03. The fourth-order valence-corrected chi connectivity index (χ4v) is 2.10. The third-order valence-corrected chi connectivity index (χ3v) is 3.54. The van der Waals surface area contributed by atoms with Crippen molar-refractivity contribution in [3.8, 4) is 6.07 Å². The van der Waals surface area contributed by atoms with Gasteiger partial charge in [0, 0.05) is 5.57 Å². The number of nitrogens with zero attached hydrogens (tertiary/aromatic N) is 1. The first-order valence-electron chi connectivity index (χ1n) is 6.82. The molecule has 1 aromatic rings. The van der Waals surface area contributed by atoms with E-state index >= 15 is 0 Å². The van der Waals surface area contributed by atoms with Crippen molar-refractivity contribution in [1.29, 1.82) is 5.26 Å². The number of nitriles is 1. The molecule has 0 amide bonds. The molecule has 1 aliphatic rings. The minimum atomic E-state index is 0.620. The van der Waals surface area contributed by atoms with Gasteiger partial charge in [-0.05, 0) is 34.4 Å². The molecule has 0 aliphatic heterocycles. The van der Waals surface area contributed by atoms with E-state index < -0.39 is 0 Å². The van der Waals surface area contributed by atoms with Gasteiger partial charge in [-0.15, -0.1) is 0 Å². The molecule has 1 atom stereocenters. The van der Waals surface area contributed by atoms with Crippen molar-refractivity contribution in [1.82, 2.24) is 0 Å². The molecule has 0 saturated carbocycles. The van der Waals surface area contributed by atoms with E-state index in [-0.39, 0.29) is 0 Å². The molecular formula is C18H19N. The lowest BCUT2D eigenvalue weighted by molar-refractivity contribution is 0.735. The first kappa shape index (κ1) is 13.4. The Hall–Kier alpha value is -2.07. The van der Waals surface area contributed by atoms with Crippen LogP contribution in [0.15, 0.2) is 48.1 Å². The minimum absolute atomic E-state index is 0.620. The van der Waals surface area contributed by atoms with Crippen molar-refractivity contribution < 1.29 is 0 Å². The zero-order valence-corrected chi connectivity index (χ0v) is 11.6. The van der Waals surface area contributed by atoms with Crippen molar-refractivity contribution in [2.45, 2.75) is 26.7 Å². The molecule has 0 bridgehead atoms. The van der Waals surface area contributed by atoms with Crippen LogP contribution in [0.2, 0.25) is 0 Å². The highest BCUT2D eigenvalue weighted by Crippen LogP contribution is 2.14. The third-order valence-electron chi connectivity index (χ3n) is 3.54. The molecule has 1 nitrogen and oxygen atoms in total. The van der Waals surface area contributed by atoms with Gasteiger partial charge in [-0.25, -0.2) is 0 Å². The lowest BCUT2D eigenvalue weighted by Gasteiger charge is -2.04. The molecule has 19 heavy (non-hydrogen) atoms. The van der Waals surface area contributed by atoms with Crippen LogP contribution in [0.1, 0.15) is 26.7 Å². The highest BCUT2D eigenvalue weighted by molar-refractivity contribution is 5.63. The highest BCUT2D eigenvalue weighted by atomic mass is 14.2. The molecule has 0 spiro atoms. The molecule has 0 fully saturated rings. The van der Waals surface area contributed by atoms with Crippen LogP contribution in [0.5, 0.6) is 0 Å². The number of hydrogen-bond donors (Lipinski definition) is 0. The summed E-state index contributed by atoms with van der Waals surface area (Å²) in [6.07, 6.45) is 10.2. The topological polar surface area (TPSA) is 23.8 Å². The maximum Gasteiger partial charge on any atom is 0.0988 e. The van der Waals surface area contributed by atoms with Gasteiger partial charge >= 0.3 is 0 Å². The first-order chi connectivity index (χ1) is 9.22. The van der Waals surface area contributed by atoms with E-state index in [4.69, 9.17) is 5.26 Å². The second-order valence-corrected chi connectivity index (χ2v) is 5.01. The number of benzene rings is 1. The lowest BCUT2D eigenvalue weighted by atomic mass is 10.00. The van der Waals surface area contributed by atoms with Crippen molar-refractivity contribution >= 4 is 11.6 Å². The van der Waals surface area contributed by atoms with E-state index in [1.54, 1.807) is 0 Å². The summed E-state index contributed by atoms with van der Waals surface area (Å²) in [6, 6.07) is 10.8. The molecular weight excluding hydrogens is 230 g/mol. The van der Waals surface area contributed by atoms with Gasteiger partial charge in [0.15, 0.2) is 0 Å². The Bertz CT molecular complexity index is 645. The second-order valence-electron chi connectivity index (χ2n) is 5.01. The zero-order chi connectivity index (χ0) is 13.7. The average molecular weight is 249 g/mol. The number of rotatable bonds is 2. The molecule has 1 unspecified atom stereocenters. The molecule has 1 heteroatoms. The number of hydrogen-bond acceptors (Lipinski definition) is 1. The Morgan fingerprint density at radius 1 is 1.26 bits per heavy atom. The molecule has 1 aliphatic carbocycles. The van der Waals surface area contributed by atoms with Gasteiger partial charge in [0.1, 0.15) is 0 Å². The van der Waals surface area contributed by atoms with Gasteiger partial charge in [0.25, 0.3) is 0 Å². The predicted molar refractivity (Wildman–Crippen MR) is 80.5 cm³/mol. The smallest absolute Gasteiger partial charge is 0.0988 e. The molecule has 2 rings (SSSR count). The Kier molecular flexibility index (Phi) is 4.36. The van der Waals surface area contributed by atoms with E-state index in [9.17, 15) is 0 Å². The van der Waals surface area contributed by atoms with Crippen molar-refractivity contribution in [3.63, 3.8) is 0 Å². The van der Waals surface area contributed by atoms with Crippen LogP contribution >= 0.6 is 0 Å². The van der Waals surface area contributed by atoms with E-state index in [2.05, 4.69) is 50.3 Å². The van der Waals surface area contributed by atoms with Crippen LogP contribution in [0.25, 0.3) is 11.6 Å². The zero-order valence-electron chi connectivity index (χ0n) is 11.6. The standard InChI is InChI=1S/C18H19N/c1-3-14(2)12-15-4-8-17(9-5-15)18-10-6-16(13-19)7-11-18/h4-10,12,14H,3,11H2,1-2H3. The summed E-state index contributed by atoms with van der Waals surface area (Å²) in [5, 5.41) is 11.3. The fourth-order valence-electron chi connectivity index (χ4n) is 2.10. The number of allylic oxidation sites excluding steroid dienone is 4. The molecule has 0 N–H and O–H groups in total. The monoisotopic (exact) mass is 249 g/mol. The molecule has 1 aromatic carbocycles. The van der Waals surface area contributed by atoms with Crippen LogP contribution in [-0.4, -0.2) is 0 Å². The fraction of sp³-hybridized carbons (Fsp3) is 0.278. The highest BCUT2D eigenvalue weighted by Gasteiger charge is 2.00. The predicted octanol–water partition coefficient (Wildman–Crippen LogP) is 3.07. The van der Waals surface area contributed by atoms with Crippen molar-refractivity contribution in [2.75, 3.05) is 0 Å². The summed E-state index contributed by atoms with van der Waals surface area (Å²) in [6.45, 7) is 4.44. The van der Waals surface area contributed by atoms with Crippen molar-refractivity contribution in [3.05, 3.63) is 58.5 Å². The van der Waals surface area contributed by atoms with Crippen molar-refractivity contribution in [2.24, 2.45) is 5.92 Å². The minimum Gasteiger partial charge on any atom is -0.192 e. The van der Waals surface area contributed by atoms with Crippen LogP contribution < -0.4 is 10.4 Å². The summed E-state index contributed by atoms with van der Waals surface area (Å²) >= 11 is 0. The van der Waals surface area contributed by atoms with Gasteiger partial charge in [-0.1, -0.05) is 62.8 Å². The van der Waals surface area contributed by atoms with Crippen LogP contribution in [0, 0.1) is 17.2 Å². The van der Waals surface area contributed by atoms with E-state index in [1.165, 1.54) is 22.4 Å². The molecule has 0 saturated heterocycles. The van der Waals surface area contributed by atoms with Crippen LogP contribution in [0.4, 0.5) is 0 Å². The third kappa shape index (κ3) is 3.45. The molecule has 96 valence electrons. The maximum atomic E-state index is 8.81. The Labute approximate surface area is 114 Å². The Morgan fingerprint density at radius 2 is 2.00 bits per heavy atom. The van der Waals surface area contributed by atoms with E-state index in [0.29, 0.717) is 5.92 Å². The molecule has 0 heterocycles. The van der Waals surface area contributed by atoms with E-state index in [0.717, 1.165) is 12.0 Å². The van der Waals surface area contributed by atoms with Crippen LogP contribution in [-0.2, 0) is 0 Å². The lowest BCUT2D eigenvalue weighted by Crippen LogP contribution is -2.11.